The van der Waals surface area contributed by atoms with Crippen molar-refractivity contribution in [1.82, 2.24) is 0 Å². The number of hydrogen-bond acceptors (Lipinski definition) is 1. The van der Waals surface area contributed by atoms with Crippen LogP contribution in [0.4, 0.5) is 0 Å². The summed E-state index contributed by atoms with van der Waals surface area (Å²) in [6.45, 7) is 0. The van der Waals surface area contributed by atoms with Crippen LogP contribution in [-0.4, -0.2) is 49.0 Å². The summed E-state index contributed by atoms with van der Waals surface area (Å²) in [6, 6.07) is 37.5. The van der Waals surface area contributed by atoms with Crippen LogP contribution in [0.1, 0.15) is 0 Å². The number of methoxy groups -OCH3 is 1. The fourth-order valence-electron chi connectivity index (χ4n) is 3.72. The predicted octanol–water partition coefficient (Wildman–Crippen LogP) is 3.31. The molecule has 0 aliphatic carbocycles. The zero-order chi connectivity index (χ0) is 20.3. The first kappa shape index (κ1) is 19.9. The second-order valence-electron chi connectivity index (χ2n) is 6.95. The Morgan fingerprint density at radius 1 is 0.533 bits per heavy atom. The fourth-order valence-corrected chi connectivity index (χ4v) is 9.47. The number of rotatable bonds is 5. The molecule has 0 bridgehead atoms. The first-order valence-electron chi connectivity index (χ1n) is 9.82. The Kier molecular flexibility index (Phi) is 5.99. The molecule has 3 heteroatoms. The van der Waals surface area contributed by atoms with Gasteiger partial charge in [0.1, 0.15) is 0 Å². The van der Waals surface area contributed by atoms with Gasteiger partial charge < -0.3 is 0 Å². The predicted molar refractivity (Wildman–Crippen MR) is 131 cm³/mol. The number of ether oxygens (including phenoxy) is 1. The molecule has 1 nitrogen and oxygen atoms in total. The van der Waals surface area contributed by atoms with E-state index in [2.05, 4.69) is 103 Å². The molecule has 0 aromatic heterocycles. The summed E-state index contributed by atoms with van der Waals surface area (Å²) in [5.41, 5.74) is 0. The molecule has 0 saturated carbocycles. The summed E-state index contributed by atoms with van der Waals surface area (Å²) >= 11 is -0.992. The summed E-state index contributed by atoms with van der Waals surface area (Å²) in [7, 11) is 1.83. The normalized spacial score (nSPS) is 11.1. The van der Waals surface area contributed by atoms with E-state index in [1.165, 1.54) is 36.0 Å². The van der Waals surface area contributed by atoms with Crippen LogP contribution < -0.4 is 19.2 Å². The molecule has 0 radical (unpaired) electrons. The second-order valence-corrected chi connectivity index (χ2v) is 13.3. The molecule has 0 spiro atoms. The maximum absolute atomic E-state index is 6.14. The molecular weight excluding hydrogens is 595 g/mol. The van der Waals surface area contributed by atoms with Crippen LogP contribution in [0.5, 0.6) is 5.75 Å². The van der Waals surface area contributed by atoms with Crippen molar-refractivity contribution >= 4 is 77.8 Å². The van der Waals surface area contributed by atoms with Crippen LogP contribution in [0, 0.1) is 0 Å². The molecule has 0 heterocycles. The molecule has 146 valence electrons. The van der Waals surface area contributed by atoms with Crippen molar-refractivity contribution in [2.75, 3.05) is 7.11 Å². The average molecular weight is 616 g/mol. The summed E-state index contributed by atoms with van der Waals surface area (Å²) in [6.07, 6.45) is 0. The van der Waals surface area contributed by atoms with Crippen LogP contribution in [0.3, 0.4) is 0 Å². The van der Waals surface area contributed by atoms with Crippen molar-refractivity contribution in [2.45, 2.75) is 0 Å². The van der Waals surface area contributed by atoms with E-state index >= 15 is 0 Å². The first-order chi connectivity index (χ1) is 14.8. The Balaban J connectivity index is 1.74. The van der Waals surface area contributed by atoms with E-state index in [9.17, 15) is 0 Å². The maximum atomic E-state index is 6.14. The quantitative estimate of drug-likeness (QED) is 0.218. The second kappa shape index (κ2) is 9.01. The molecular formula is C27H20OTe2. The summed E-state index contributed by atoms with van der Waals surface area (Å²) < 4.78 is 11.9. The van der Waals surface area contributed by atoms with E-state index in [0.717, 1.165) is 5.75 Å². The zero-order valence-corrected chi connectivity index (χ0v) is 21.2. The molecule has 0 amide bonds. The molecule has 0 aliphatic heterocycles. The van der Waals surface area contributed by atoms with E-state index in [4.69, 9.17) is 4.74 Å². The van der Waals surface area contributed by atoms with Gasteiger partial charge in [0.2, 0.25) is 0 Å². The van der Waals surface area contributed by atoms with Crippen LogP contribution in [0.15, 0.2) is 103 Å². The fraction of sp³-hybridized carbons (Fsp3) is 0.0370. The average Bonchev–Trinajstić information content (AvgIpc) is 2.79. The molecule has 0 N–H and O–H groups in total. The van der Waals surface area contributed by atoms with Gasteiger partial charge >= 0.3 is 199 Å². The van der Waals surface area contributed by atoms with Crippen molar-refractivity contribution in [1.29, 1.82) is 0 Å². The van der Waals surface area contributed by atoms with Gasteiger partial charge in [-0.15, -0.1) is 0 Å². The number of benzene rings is 5. The molecule has 5 aromatic rings. The van der Waals surface area contributed by atoms with Gasteiger partial charge in [-0.1, -0.05) is 0 Å². The Morgan fingerprint density at radius 3 is 1.43 bits per heavy atom. The summed E-state index contributed by atoms with van der Waals surface area (Å²) in [5.74, 6) is 1.05. The molecule has 0 fully saturated rings. The van der Waals surface area contributed by atoms with Gasteiger partial charge in [-0.05, 0) is 0 Å². The van der Waals surface area contributed by atoms with Gasteiger partial charge in [0.15, 0.2) is 0 Å². The molecule has 0 saturated heterocycles. The van der Waals surface area contributed by atoms with Crippen molar-refractivity contribution in [3.63, 3.8) is 0 Å². The zero-order valence-electron chi connectivity index (χ0n) is 16.5. The third kappa shape index (κ3) is 3.97. The monoisotopic (exact) mass is 620 g/mol. The molecule has 0 unspecified atom stereocenters. The summed E-state index contributed by atoms with van der Waals surface area (Å²) in [4.78, 5) is 0. The molecule has 0 aliphatic rings. The van der Waals surface area contributed by atoms with E-state index in [1.807, 2.05) is 7.11 Å². The molecule has 5 aromatic carbocycles. The van der Waals surface area contributed by atoms with Crippen molar-refractivity contribution in [3.05, 3.63) is 103 Å². The van der Waals surface area contributed by atoms with Crippen LogP contribution in [-0.2, 0) is 0 Å². The van der Waals surface area contributed by atoms with Gasteiger partial charge in [-0.3, -0.25) is 0 Å². The van der Waals surface area contributed by atoms with Crippen molar-refractivity contribution < 1.29 is 4.74 Å². The van der Waals surface area contributed by atoms with Gasteiger partial charge in [-0.25, -0.2) is 0 Å². The topological polar surface area (TPSA) is 9.23 Å². The Labute approximate surface area is 197 Å². The summed E-state index contributed by atoms with van der Waals surface area (Å²) in [5, 5.41) is 5.14. The molecule has 30 heavy (non-hydrogen) atoms. The molecule has 0 atom stereocenters. The van der Waals surface area contributed by atoms with Gasteiger partial charge in [0.25, 0.3) is 0 Å². The van der Waals surface area contributed by atoms with E-state index in [-0.39, 0.29) is 0 Å². The van der Waals surface area contributed by atoms with Gasteiger partial charge in [0, 0.05) is 0 Å². The van der Waals surface area contributed by atoms with E-state index in [0.29, 0.717) is 0 Å². The van der Waals surface area contributed by atoms with Gasteiger partial charge in [-0.2, -0.15) is 0 Å². The first-order valence-corrected chi connectivity index (χ1v) is 14.5. The van der Waals surface area contributed by atoms with E-state index < -0.39 is 41.8 Å². The third-order valence-corrected chi connectivity index (χ3v) is 11.1. The van der Waals surface area contributed by atoms with Crippen LogP contribution >= 0.6 is 0 Å². The minimum atomic E-state index is -0.496. The molecule has 5 rings (SSSR count). The van der Waals surface area contributed by atoms with Crippen LogP contribution in [0.2, 0.25) is 0 Å². The Bertz CT molecular complexity index is 1220. The Morgan fingerprint density at radius 2 is 1.00 bits per heavy atom. The van der Waals surface area contributed by atoms with Crippen LogP contribution in [0.25, 0.3) is 21.5 Å². The third-order valence-electron chi connectivity index (χ3n) is 5.03. The number of hydrogen-bond donors (Lipinski definition) is 0. The van der Waals surface area contributed by atoms with E-state index in [1.54, 1.807) is 0 Å². The Hall–Kier alpha value is -2.00. The van der Waals surface area contributed by atoms with Gasteiger partial charge in [0.05, 0.1) is 0 Å². The van der Waals surface area contributed by atoms with Crippen molar-refractivity contribution in [3.8, 4) is 5.75 Å². The minimum absolute atomic E-state index is 0.496. The number of fused-ring (bicyclic) bond motifs is 2. The van der Waals surface area contributed by atoms with Crippen molar-refractivity contribution in [2.24, 2.45) is 0 Å². The SMILES string of the molecule is COc1c2c([Te]c3ccccc3)cccc2cc2cccc([Te]c3ccccc3)c12. The standard InChI is InChI=1S/C27H20OTe2/c1-28-27-25-19(10-8-16-23(25)29-21-12-4-2-5-13-21)18-20-11-9-17-24(26(20)27)30-22-14-6-3-7-15-22/h2-18H,1H3.